The van der Waals surface area contributed by atoms with Crippen LogP contribution < -0.4 is 4.72 Å². The number of nitrogens with zero attached hydrogens (tertiary/aromatic N) is 1. The average molecular weight is 276 g/mol. The highest BCUT2D eigenvalue weighted by molar-refractivity contribution is 7.90. The van der Waals surface area contributed by atoms with Gasteiger partial charge in [0.05, 0.1) is 5.69 Å². The monoisotopic (exact) mass is 276 g/mol. The van der Waals surface area contributed by atoms with Gasteiger partial charge in [-0.25, -0.2) is 4.39 Å². The number of aliphatic hydroxyl groups is 1. The van der Waals surface area contributed by atoms with Crippen LogP contribution in [0.15, 0.2) is 18.2 Å². The molecule has 102 valence electrons. The molecule has 1 aromatic rings. The molecule has 0 aliphatic rings. The molecule has 0 atom stereocenters. The van der Waals surface area contributed by atoms with Gasteiger partial charge in [-0.2, -0.15) is 12.7 Å². The molecule has 7 heteroatoms. The van der Waals surface area contributed by atoms with Crippen molar-refractivity contribution in [3.05, 3.63) is 29.6 Å². The fourth-order valence-corrected chi connectivity index (χ4v) is 2.25. The van der Waals surface area contributed by atoms with Crippen LogP contribution in [-0.4, -0.2) is 38.0 Å². The second-order valence-electron chi connectivity index (χ2n) is 3.97. The molecule has 0 saturated carbocycles. The second kappa shape index (κ2) is 6.12. The van der Waals surface area contributed by atoms with E-state index in [0.717, 1.165) is 10.4 Å². The molecule has 0 saturated heterocycles. The van der Waals surface area contributed by atoms with Gasteiger partial charge in [0.15, 0.2) is 0 Å². The predicted molar refractivity (Wildman–Crippen MR) is 68.0 cm³/mol. The van der Waals surface area contributed by atoms with E-state index in [4.69, 9.17) is 5.11 Å². The summed E-state index contributed by atoms with van der Waals surface area (Å²) in [6, 6.07) is 4.13. The summed E-state index contributed by atoms with van der Waals surface area (Å²) in [7, 11) is -2.32. The summed E-state index contributed by atoms with van der Waals surface area (Å²) in [5, 5.41) is 8.65. The number of halogens is 1. The third-order valence-corrected chi connectivity index (χ3v) is 3.96. The van der Waals surface area contributed by atoms with Gasteiger partial charge in [-0.15, -0.1) is 0 Å². The zero-order valence-corrected chi connectivity index (χ0v) is 11.2. The molecule has 0 fully saturated rings. The van der Waals surface area contributed by atoms with Gasteiger partial charge in [0, 0.05) is 20.2 Å². The lowest BCUT2D eigenvalue weighted by atomic mass is 10.2. The molecular weight excluding hydrogens is 259 g/mol. The fourth-order valence-electron chi connectivity index (χ4n) is 1.30. The van der Waals surface area contributed by atoms with E-state index in [1.807, 2.05) is 0 Å². The van der Waals surface area contributed by atoms with Crippen molar-refractivity contribution >= 4 is 15.9 Å². The minimum Gasteiger partial charge on any atom is -0.396 e. The van der Waals surface area contributed by atoms with E-state index in [-0.39, 0.29) is 18.8 Å². The molecule has 0 amide bonds. The highest BCUT2D eigenvalue weighted by atomic mass is 32.2. The van der Waals surface area contributed by atoms with Gasteiger partial charge < -0.3 is 5.11 Å². The van der Waals surface area contributed by atoms with Crippen molar-refractivity contribution in [2.45, 2.75) is 13.3 Å². The SMILES string of the molecule is Cc1ccc(NS(=O)(=O)N(C)CCCO)cc1F. The van der Waals surface area contributed by atoms with Crippen molar-refractivity contribution in [1.29, 1.82) is 0 Å². The number of hydrogen-bond donors (Lipinski definition) is 2. The number of rotatable bonds is 6. The summed E-state index contributed by atoms with van der Waals surface area (Å²) in [4.78, 5) is 0. The van der Waals surface area contributed by atoms with Crippen LogP contribution in [0.1, 0.15) is 12.0 Å². The maximum Gasteiger partial charge on any atom is 0.301 e. The molecule has 0 aliphatic carbocycles. The van der Waals surface area contributed by atoms with Gasteiger partial charge in [-0.3, -0.25) is 4.72 Å². The van der Waals surface area contributed by atoms with Crippen molar-refractivity contribution in [3.63, 3.8) is 0 Å². The van der Waals surface area contributed by atoms with Gasteiger partial charge in [-0.1, -0.05) is 6.07 Å². The van der Waals surface area contributed by atoms with Gasteiger partial charge >= 0.3 is 10.2 Å². The predicted octanol–water partition coefficient (Wildman–Crippen LogP) is 1.11. The highest BCUT2D eigenvalue weighted by Crippen LogP contribution is 2.15. The Morgan fingerprint density at radius 2 is 2.11 bits per heavy atom. The summed E-state index contributed by atoms with van der Waals surface area (Å²) in [6.45, 7) is 1.71. The van der Waals surface area contributed by atoms with Crippen molar-refractivity contribution in [2.24, 2.45) is 0 Å². The maximum atomic E-state index is 13.3. The van der Waals surface area contributed by atoms with Crippen molar-refractivity contribution < 1.29 is 17.9 Å². The Morgan fingerprint density at radius 1 is 1.44 bits per heavy atom. The van der Waals surface area contributed by atoms with Crippen LogP contribution in [0.25, 0.3) is 0 Å². The number of aryl methyl sites for hydroxylation is 1. The quantitative estimate of drug-likeness (QED) is 0.817. The van der Waals surface area contributed by atoms with Crippen LogP contribution in [-0.2, 0) is 10.2 Å². The molecule has 0 heterocycles. The van der Waals surface area contributed by atoms with Gasteiger partial charge in [0.2, 0.25) is 0 Å². The zero-order chi connectivity index (χ0) is 13.8. The summed E-state index contributed by atoms with van der Waals surface area (Å²) in [6.07, 6.45) is 0.347. The Morgan fingerprint density at radius 3 is 2.67 bits per heavy atom. The standard InChI is InChI=1S/C11H17FN2O3S/c1-9-4-5-10(8-11(9)12)13-18(16,17)14(2)6-3-7-15/h4-5,8,13,15H,3,6-7H2,1-2H3. The van der Waals surface area contributed by atoms with E-state index in [2.05, 4.69) is 4.72 Å². The number of anilines is 1. The summed E-state index contributed by atoms with van der Waals surface area (Å²) < 4.78 is 40.2. The molecule has 0 spiro atoms. The van der Waals surface area contributed by atoms with E-state index >= 15 is 0 Å². The van der Waals surface area contributed by atoms with Gasteiger partial charge in [-0.05, 0) is 31.0 Å². The van der Waals surface area contributed by atoms with E-state index in [0.29, 0.717) is 12.0 Å². The molecule has 0 radical (unpaired) electrons. The van der Waals surface area contributed by atoms with E-state index in [1.165, 1.54) is 19.2 Å². The van der Waals surface area contributed by atoms with E-state index in [9.17, 15) is 12.8 Å². The third-order valence-electron chi connectivity index (χ3n) is 2.46. The lowest BCUT2D eigenvalue weighted by Gasteiger charge is -2.17. The van der Waals surface area contributed by atoms with Crippen LogP contribution >= 0.6 is 0 Å². The molecule has 18 heavy (non-hydrogen) atoms. The second-order valence-corrected chi connectivity index (χ2v) is 5.75. The molecular formula is C11H17FN2O3S. The Balaban J connectivity index is 2.78. The van der Waals surface area contributed by atoms with Crippen molar-refractivity contribution in [3.8, 4) is 0 Å². The average Bonchev–Trinajstić information content (AvgIpc) is 2.30. The number of benzene rings is 1. The molecule has 0 aromatic heterocycles. The fraction of sp³-hybridized carbons (Fsp3) is 0.455. The van der Waals surface area contributed by atoms with Gasteiger partial charge in [0.1, 0.15) is 5.82 Å². The summed E-state index contributed by atoms with van der Waals surface area (Å²) in [5.41, 5.74) is 0.625. The van der Waals surface area contributed by atoms with Gasteiger partial charge in [0.25, 0.3) is 0 Å². The largest absolute Gasteiger partial charge is 0.396 e. The molecule has 1 rings (SSSR count). The van der Waals surface area contributed by atoms with Crippen LogP contribution in [0.4, 0.5) is 10.1 Å². The topological polar surface area (TPSA) is 69.6 Å². The Kier molecular flexibility index (Phi) is 5.06. The first kappa shape index (κ1) is 14.9. The Bertz CT molecular complexity index is 505. The first-order valence-electron chi connectivity index (χ1n) is 5.48. The summed E-state index contributed by atoms with van der Waals surface area (Å²) >= 11 is 0. The number of hydrogen-bond acceptors (Lipinski definition) is 3. The van der Waals surface area contributed by atoms with Crippen LogP contribution in [0.2, 0.25) is 0 Å². The molecule has 0 aliphatic heterocycles. The van der Waals surface area contributed by atoms with E-state index < -0.39 is 16.0 Å². The Labute approximate surface area is 106 Å². The molecule has 1 aromatic carbocycles. The molecule has 2 N–H and O–H groups in total. The molecule has 0 unspecified atom stereocenters. The molecule has 0 bridgehead atoms. The normalized spacial score (nSPS) is 11.8. The molecule has 5 nitrogen and oxygen atoms in total. The van der Waals surface area contributed by atoms with Crippen molar-refractivity contribution in [2.75, 3.05) is 24.9 Å². The first-order valence-corrected chi connectivity index (χ1v) is 6.92. The van der Waals surface area contributed by atoms with Crippen molar-refractivity contribution in [1.82, 2.24) is 4.31 Å². The van der Waals surface area contributed by atoms with Crippen LogP contribution in [0, 0.1) is 12.7 Å². The smallest absolute Gasteiger partial charge is 0.301 e. The lowest BCUT2D eigenvalue weighted by Crippen LogP contribution is -2.33. The number of aliphatic hydroxyl groups excluding tert-OH is 1. The van der Waals surface area contributed by atoms with Crippen LogP contribution in [0.5, 0.6) is 0 Å². The highest BCUT2D eigenvalue weighted by Gasteiger charge is 2.17. The minimum atomic E-state index is -3.71. The van der Waals surface area contributed by atoms with E-state index in [1.54, 1.807) is 6.92 Å². The summed E-state index contributed by atoms with van der Waals surface area (Å²) in [5.74, 6) is -0.465. The zero-order valence-electron chi connectivity index (χ0n) is 10.4. The lowest BCUT2D eigenvalue weighted by molar-refractivity contribution is 0.276. The van der Waals surface area contributed by atoms with Crippen LogP contribution in [0.3, 0.4) is 0 Å². The first-order chi connectivity index (χ1) is 8.36. The Hall–Kier alpha value is -1.18. The maximum absolute atomic E-state index is 13.3. The minimum absolute atomic E-state index is 0.0843. The third kappa shape index (κ3) is 3.94. The number of nitrogens with one attached hydrogen (secondary N) is 1.